The highest BCUT2D eigenvalue weighted by Crippen LogP contribution is 2.09. The van der Waals surface area contributed by atoms with E-state index in [-0.39, 0.29) is 5.82 Å². The molecule has 0 bridgehead atoms. The van der Waals surface area contributed by atoms with Gasteiger partial charge < -0.3 is 10.2 Å². The van der Waals surface area contributed by atoms with Gasteiger partial charge in [0.05, 0.1) is 0 Å². The molecule has 0 aliphatic carbocycles. The minimum absolute atomic E-state index is 0.354. The third kappa shape index (κ3) is 5.75. The fourth-order valence-electron chi connectivity index (χ4n) is 1.58. The molecular weight excluding hydrogens is 222 g/mol. The van der Waals surface area contributed by atoms with E-state index in [1.54, 1.807) is 0 Å². The number of unbranched alkanes of at least 4 members (excludes halogenated alkanes) is 1. The lowest BCUT2D eigenvalue weighted by Crippen LogP contribution is -2.18. The Balaban J connectivity index is 2.20. The first-order chi connectivity index (χ1) is 8.09. The zero-order valence-corrected chi connectivity index (χ0v) is 10.5. The number of nitrogens with one attached hydrogen (secondary N) is 1. The standard InChI is InChI=1S/C13H20F2N2/c1-17(2)8-4-3-7-16-10-11-9-12(14)5-6-13(11)15/h5-6,9,16H,3-4,7-8,10H2,1-2H3. The van der Waals surface area contributed by atoms with E-state index in [9.17, 15) is 8.78 Å². The monoisotopic (exact) mass is 242 g/mol. The van der Waals surface area contributed by atoms with Gasteiger partial charge in [0.1, 0.15) is 11.6 Å². The maximum absolute atomic E-state index is 13.2. The van der Waals surface area contributed by atoms with Crippen molar-refractivity contribution < 1.29 is 8.78 Å². The normalized spacial score (nSPS) is 11.1. The lowest BCUT2D eigenvalue weighted by Gasteiger charge is -2.09. The van der Waals surface area contributed by atoms with Gasteiger partial charge in [0.2, 0.25) is 0 Å². The van der Waals surface area contributed by atoms with Gasteiger partial charge in [-0.15, -0.1) is 0 Å². The predicted molar refractivity (Wildman–Crippen MR) is 65.9 cm³/mol. The van der Waals surface area contributed by atoms with E-state index in [1.165, 1.54) is 12.1 Å². The third-order valence-corrected chi connectivity index (χ3v) is 2.53. The van der Waals surface area contributed by atoms with Crippen molar-refractivity contribution in [2.24, 2.45) is 0 Å². The summed E-state index contributed by atoms with van der Waals surface area (Å²) in [5.74, 6) is -0.747. The molecule has 1 rings (SSSR count). The minimum atomic E-state index is -0.393. The Morgan fingerprint density at radius 1 is 1.18 bits per heavy atom. The van der Waals surface area contributed by atoms with E-state index in [0.717, 1.165) is 32.0 Å². The SMILES string of the molecule is CN(C)CCCCNCc1cc(F)ccc1F. The third-order valence-electron chi connectivity index (χ3n) is 2.53. The second kappa shape index (κ2) is 7.35. The van der Waals surface area contributed by atoms with Gasteiger partial charge in [-0.2, -0.15) is 0 Å². The Morgan fingerprint density at radius 2 is 1.94 bits per heavy atom. The van der Waals surface area contributed by atoms with Gasteiger partial charge in [-0.1, -0.05) is 0 Å². The molecule has 0 saturated heterocycles. The summed E-state index contributed by atoms with van der Waals surface area (Å²) in [4.78, 5) is 2.13. The molecule has 0 amide bonds. The van der Waals surface area contributed by atoms with Crippen molar-refractivity contribution >= 4 is 0 Å². The number of hydrogen-bond acceptors (Lipinski definition) is 2. The second-order valence-electron chi connectivity index (χ2n) is 4.42. The molecule has 0 aliphatic rings. The van der Waals surface area contributed by atoms with Crippen LogP contribution in [0.5, 0.6) is 0 Å². The van der Waals surface area contributed by atoms with Gasteiger partial charge in [0, 0.05) is 12.1 Å². The molecule has 0 heterocycles. The minimum Gasteiger partial charge on any atom is -0.313 e. The molecule has 0 unspecified atom stereocenters. The molecule has 0 atom stereocenters. The van der Waals surface area contributed by atoms with Crippen LogP contribution in [0, 0.1) is 11.6 Å². The Kier molecular flexibility index (Phi) is 6.08. The Labute approximate surface area is 102 Å². The Bertz CT molecular complexity index is 340. The predicted octanol–water partition coefficient (Wildman–Crippen LogP) is 2.40. The van der Waals surface area contributed by atoms with Crippen molar-refractivity contribution in [1.82, 2.24) is 10.2 Å². The molecule has 17 heavy (non-hydrogen) atoms. The van der Waals surface area contributed by atoms with Crippen LogP contribution in [0.2, 0.25) is 0 Å². The van der Waals surface area contributed by atoms with Gasteiger partial charge in [0.15, 0.2) is 0 Å². The maximum Gasteiger partial charge on any atom is 0.127 e. The molecule has 0 aromatic heterocycles. The molecular formula is C13H20F2N2. The summed E-state index contributed by atoms with van der Waals surface area (Å²) >= 11 is 0. The summed E-state index contributed by atoms with van der Waals surface area (Å²) in [6, 6.07) is 3.54. The van der Waals surface area contributed by atoms with E-state index in [2.05, 4.69) is 10.2 Å². The van der Waals surface area contributed by atoms with E-state index >= 15 is 0 Å². The number of nitrogens with zero attached hydrogens (tertiary/aromatic N) is 1. The maximum atomic E-state index is 13.2. The summed E-state index contributed by atoms with van der Waals surface area (Å²) in [6.45, 7) is 2.26. The second-order valence-corrected chi connectivity index (χ2v) is 4.42. The van der Waals surface area contributed by atoms with Gasteiger partial charge >= 0.3 is 0 Å². The first-order valence-corrected chi connectivity index (χ1v) is 5.89. The average molecular weight is 242 g/mol. The van der Waals surface area contributed by atoms with Crippen LogP contribution in [0.1, 0.15) is 18.4 Å². The van der Waals surface area contributed by atoms with Crippen LogP contribution < -0.4 is 5.32 Å². The first-order valence-electron chi connectivity index (χ1n) is 5.89. The zero-order valence-electron chi connectivity index (χ0n) is 10.5. The smallest absolute Gasteiger partial charge is 0.127 e. The number of halogens is 2. The van der Waals surface area contributed by atoms with Gasteiger partial charge in [-0.05, 0) is 58.2 Å². The van der Waals surface area contributed by atoms with Crippen molar-refractivity contribution in [3.05, 3.63) is 35.4 Å². The molecule has 0 fully saturated rings. The number of hydrogen-bond donors (Lipinski definition) is 1. The quantitative estimate of drug-likeness (QED) is 0.739. The van der Waals surface area contributed by atoms with Crippen LogP contribution in [0.25, 0.3) is 0 Å². The molecule has 0 radical (unpaired) electrons. The first kappa shape index (κ1) is 14.1. The molecule has 0 saturated carbocycles. The highest BCUT2D eigenvalue weighted by atomic mass is 19.1. The molecule has 1 aromatic carbocycles. The Morgan fingerprint density at radius 3 is 2.65 bits per heavy atom. The largest absolute Gasteiger partial charge is 0.313 e. The highest BCUT2D eigenvalue weighted by Gasteiger charge is 2.02. The van der Waals surface area contributed by atoms with Crippen molar-refractivity contribution in [1.29, 1.82) is 0 Å². The molecule has 96 valence electrons. The van der Waals surface area contributed by atoms with Gasteiger partial charge in [-0.3, -0.25) is 0 Å². The number of rotatable bonds is 7. The van der Waals surface area contributed by atoms with E-state index in [4.69, 9.17) is 0 Å². The molecule has 1 aromatic rings. The highest BCUT2D eigenvalue weighted by molar-refractivity contribution is 5.18. The van der Waals surface area contributed by atoms with Gasteiger partial charge in [0.25, 0.3) is 0 Å². The zero-order chi connectivity index (χ0) is 12.7. The molecule has 0 spiro atoms. The Hall–Kier alpha value is -1.00. The van der Waals surface area contributed by atoms with E-state index in [0.29, 0.717) is 12.1 Å². The fourth-order valence-corrected chi connectivity index (χ4v) is 1.58. The summed E-state index contributed by atoms with van der Waals surface area (Å²) in [6.07, 6.45) is 2.14. The lowest BCUT2D eigenvalue weighted by molar-refractivity contribution is 0.391. The van der Waals surface area contributed by atoms with Crippen molar-refractivity contribution in [3.63, 3.8) is 0 Å². The van der Waals surface area contributed by atoms with E-state index < -0.39 is 5.82 Å². The summed E-state index contributed by atoms with van der Waals surface area (Å²) < 4.78 is 26.1. The summed E-state index contributed by atoms with van der Waals surface area (Å²) in [7, 11) is 4.07. The molecule has 4 heteroatoms. The van der Waals surface area contributed by atoms with Crippen molar-refractivity contribution in [2.75, 3.05) is 27.2 Å². The fraction of sp³-hybridized carbons (Fsp3) is 0.538. The van der Waals surface area contributed by atoms with Crippen molar-refractivity contribution in [2.45, 2.75) is 19.4 Å². The molecule has 0 aliphatic heterocycles. The van der Waals surface area contributed by atoms with Crippen LogP contribution in [0.4, 0.5) is 8.78 Å². The molecule has 1 N–H and O–H groups in total. The van der Waals surface area contributed by atoms with Crippen LogP contribution >= 0.6 is 0 Å². The lowest BCUT2D eigenvalue weighted by atomic mass is 10.2. The van der Waals surface area contributed by atoms with Crippen LogP contribution in [0.3, 0.4) is 0 Å². The summed E-state index contributed by atoms with van der Waals surface area (Å²) in [5.41, 5.74) is 0.387. The van der Waals surface area contributed by atoms with Crippen molar-refractivity contribution in [3.8, 4) is 0 Å². The van der Waals surface area contributed by atoms with Crippen LogP contribution in [-0.4, -0.2) is 32.1 Å². The van der Waals surface area contributed by atoms with Gasteiger partial charge in [-0.25, -0.2) is 8.78 Å². The topological polar surface area (TPSA) is 15.3 Å². The van der Waals surface area contributed by atoms with Crippen LogP contribution in [-0.2, 0) is 6.54 Å². The van der Waals surface area contributed by atoms with E-state index in [1.807, 2.05) is 14.1 Å². The average Bonchev–Trinajstić information content (AvgIpc) is 2.27. The number of benzene rings is 1. The summed E-state index contributed by atoms with van der Waals surface area (Å²) in [5, 5.41) is 3.12. The van der Waals surface area contributed by atoms with Crippen LogP contribution in [0.15, 0.2) is 18.2 Å². The molecule has 2 nitrogen and oxygen atoms in total.